The van der Waals surface area contributed by atoms with Crippen molar-refractivity contribution in [1.29, 1.82) is 0 Å². The number of methoxy groups -OCH3 is 1. The van der Waals surface area contributed by atoms with E-state index in [1.165, 1.54) is 4.88 Å². The highest BCUT2D eigenvalue weighted by molar-refractivity contribution is 7.11. The Hall–Kier alpha value is -2.18. The maximum absolute atomic E-state index is 13.3. The number of aryl methyl sites for hydroxylation is 1. The monoisotopic (exact) mass is 444 g/mol. The molecule has 1 heterocycles. The molecule has 6 heteroatoms. The van der Waals surface area contributed by atoms with E-state index in [1.54, 1.807) is 23.3 Å². The molecule has 0 aliphatic carbocycles. The van der Waals surface area contributed by atoms with Crippen LogP contribution in [0.25, 0.3) is 0 Å². The molecule has 0 aliphatic rings. The Morgan fingerprint density at radius 1 is 0.935 bits per heavy atom. The molecule has 0 unspecified atom stereocenters. The van der Waals surface area contributed by atoms with Crippen LogP contribution in [0.4, 0.5) is 0 Å². The summed E-state index contributed by atoms with van der Waals surface area (Å²) in [7, 11) is 1.62. The van der Waals surface area contributed by atoms with Crippen LogP contribution in [-0.4, -0.2) is 48.4 Å². The Balaban J connectivity index is 2.08. The largest absolute Gasteiger partial charge is 0.383 e. The minimum Gasteiger partial charge on any atom is -0.383 e. The van der Waals surface area contributed by atoms with Gasteiger partial charge in [-0.1, -0.05) is 56.5 Å². The number of unbranched alkanes of at least 4 members (excludes halogenated alkanes) is 3. The maximum atomic E-state index is 13.3. The molecule has 0 radical (unpaired) electrons. The first-order valence-corrected chi connectivity index (χ1v) is 12.0. The molecule has 0 spiro atoms. The number of carbonyl (C=O) groups excluding carboxylic acids is 2. The quantitative estimate of drug-likeness (QED) is 0.384. The summed E-state index contributed by atoms with van der Waals surface area (Å²) < 4.78 is 5.18. The molecule has 1 aromatic carbocycles. The van der Waals surface area contributed by atoms with Crippen molar-refractivity contribution in [1.82, 2.24) is 9.80 Å². The zero-order valence-electron chi connectivity index (χ0n) is 19.1. The van der Waals surface area contributed by atoms with E-state index >= 15 is 0 Å². The summed E-state index contributed by atoms with van der Waals surface area (Å²) in [6, 6.07) is 14.2. The van der Waals surface area contributed by atoms with Crippen LogP contribution in [-0.2, 0) is 27.4 Å². The third kappa shape index (κ3) is 9.23. The van der Waals surface area contributed by atoms with E-state index in [-0.39, 0.29) is 18.4 Å². The fourth-order valence-corrected chi connectivity index (χ4v) is 4.32. The zero-order valence-corrected chi connectivity index (χ0v) is 20.0. The van der Waals surface area contributed by atoms with E-state index in [0.29, 0.717) is 32.7 Å². The molecule has 0 atom stereocenters. The molecular weight excluding hydrogens is 408 g/mol. The summed E-state index contributed by atoms with van der Waals surface area (Å²) in [5.41, 5.74) is 1.08. The van der Waals surface area contributed by atoms with Gasteiger partial charge in [0.1, 0.15) is 0 Å². The van der Waals surface area contributed by atoms with Crippen LogP contribution in [0.2, 0.25) is 0 Å². The molecule has 0 bridgehead atoms. The number of benzene rings is 1. The number of thiophene rings is 1. The molecule has 0 saturated heterocycles. The number of carbonyl (C=O) groups is 2. The van der Waals surface area contributed by atoms with Crippen LogP contribution in [0.5, 0.6) is 0 Å². The van der Waals surface area contributed by atoms with Crippen LogP contribution in [0.15, 0.2) is 42.5 Å². The molecule has 0 aliphatic heterocycles. The topological polar surface area (TPSA) is 49.9 Å². The highest BCUT2D eigenvalue weighted by atomic mass is 32.1. The molecule has 1 aromatic heterocycles. The van der Waals surface area contributed by atoms with Crippen LogP contribution < -0.4 is 0 Å². The van der Waals surface area contributed by atoms with E-state index in [0.717, 1.165) is 36.1 Å². The molecule has 2 amide bonds. The summed E-state index contributed by atoms with van der Waals surface area (Å²) in [4.78, 5) is 32.0. The van der Waals surface area contributed by atoms with Crippen molar-refractivity contribution in [2.45, 2.75) is 59.0 Å². The van der Waals surface area contributed by atoms with Gasteiger partial charge in [0.2, 0.25) is 11.8 Å². The van der Waals surface area contributed by atoms with Gasteiger partial charge in [-0.15, -0.1) is 11.3 Å². The van der Waals surface area contributed by atoms with Crippen LogP contribution in [0.3, 0.4) is 0 Å². The zero-order chi connectivity index (χ0) is 22.5. The van der Waals surface area contributed by atoms with Gasteiger partial charge in [-0.25, -0.2) is 0 Å². The van der Waals surface area contributed by atoms with Gasteiger partial charge in [-0.05, 0) is 31.0 Å². The molecule has 31 heavy (non-hydrogen) atoms. The van der Waals surface area contributed by atoms with Gasteiger partial charge in [0.05, 0.1) is 19.7 Å². The van der Waals surface area contributed by atoms with Crippen molar-refractivity contribution < 1.29 is 14.3 Å². The van der Waals surface area contributed by atoms with Crippen LogP contribution in [0, 0.1) is 6.92 Å². The highest BCUT2D eigenvalue weighted by Crippen LogP contribution is 2.19. The van der Waals surface area contributed by atoms with E-state index < -0.39 is 0 Å². The Kier molecular flexibility index (Phi) is 11.3. The second-order valence-electron chi connectivity index (χ2n) is 7.87. The predicted octanol–water partition coefficient (Wildman–Crippen LogP) is 5.03. The first-order chi connectivity index (χ1) is 15.0. The Morgan fingerprint density at radius 2 is 1.71 bits per heavy atom. The molecule has 170 valence electrons. The Labute approximate surface area is 191 Å². The second kappa shape index (κ2) is 14.0. The van der Waals surface area contributed by atoms with Crippen molar-refractivity contribution in [2.75, 3.05) is 26.8 Å². The Morgan fingerprint density at radius 3 is 2.35 bits per heavy atom. The lowest BCUT2D eigenvalue weighted by Gasteiger charge is -2.27. The van der Waals surface area contributed by atoms with Crippen molar-refractivity contribution in [3.63, 3.8) is 0 Å². The highest BCUT2D eigenvalue weighted by Gasteiger charge is 2.22. The van der Waals surface area contributed by atoms with Crippen molar-refractivity contribution >= 4 is 23.2 Å². The summed E-state index contributed by atoms with van der Waals surface area (Å²) in [6.07, 6.45) is 4.67. The summed E-state index contributed by atoms with van der Waals surface area (Å²) in [5.74, 6) is 0.000972. The first kappa shape index (κ1) is 25.1. The molecule has 5 nitrogen and oxygen atoms in total. The van der Waals surface area contributed by atoms with Crippen LogP contribution in [0.1, 0.15) is 54.3 Å². The van der Waals surface area contributed by atoms with Gasteiger partial charge >= 0.3 is 0 Å². The molecule has 0 saturated carbocycles. The summed E-state index contributed by atoms with van der Waals surface area (Å²) >= 11 is 1.70. The van der Waals surface area contributed by atoms with Gasteiger partial charge < -0.3 is 14.5 Å². The molecule has 2 aromatic rings. The number of ether oxygens (including phenoxy) is 1. The lowest BCUT2D eigenvalue weighted by molar-refractivity contribution is -0.141. The van der Waals surface area contributed by atoms with E-state index in [9.17, 15) is 9.59 Å². The number of hydrogen-bond acceptors (Lipinski definition) is 4. The summed E-state index contributed by atoms with van der Waals surface area (Å²) in [6.45, 7) is 6.26. The number of hydrogen-bond donors (Lipinski definition) is 0. The van der Waals surface area contributed by atoms with E-state index in [4.69, 9.17) is 4.74 Å². The van der Waals surface area contributed by atoms with Gasteiger partial charge in [0, 0.05) is 36.4 Å². The maximum Gasteiger partial charge on any atom is 0.242 e. The second-order valence-corrected chi connectivity index (χ2v) is 9.24. The molecule has 2 rings (SSSR count). The minimum atomic E-state index is -0.0343. The van der Waals surface area contributed by atoms with Gasteiger partial charge in [-0.2, -0.15) is 0 Å². The Bertz CT molecular complexity index is 791. The number of amides is 2. The average Bonchev–Trinajstić information content (AvgIpc) is 3.18. The smallest absolute Gasteiger partial charge is 0.242 e. The first-order valence-electron chi connectivity index (χ1n) is 11.2. The van der Waals surface area contributed by atoms with E-state index in [1.807, 2.05) is 35.2 Å². The third-order valence-electron chi connectivity index (χ3n) is 5.20. The number of rotatable bonds is 14. The standard InChI is InChI=1S/C25H36N2O3S/c1-4-5-6-10-13-24(28)26(16-17-30-3)20-25(29)27(18-22-11-8-7-9-12-22)19-23-15-14-21(2)31-23/h7-9,11-12,14-15H,4-6,10,13,16-20H2,1-3H3. The number of nitrogens with zero attached hydrogens (tertiary/aromatic N) is 2. The predicted molar refractivity (Wildman–Crippen MR) is 127 cm³/mol. The van der Waals surface area contributed by atoms with Gasteiger partial charge in [0.25, 0.3) is 0 Å². The molecule has 0 N–H and O–H groups in total. The summed E-state index contributed by atoms with van der Waals surface area (Å²) in [5, 5.41) is 0. The van der Waals surface area contributed by atoms with Crippen molar-refractivity contribution in [3.05, 3.63) is 57.8 Å². The minimum absolute atomic E-state index is 0.0343. The van der Waals surface area contributed by atoms with Crippen LogP contribution >= 0.6 is 11.3 Å². The third-order valence-corrected chi connectivity index (χ3v) is 6.19. The van der Waals surface area contributed by atoms with Crippen molar-refractivity contribution in [2.24, 2.45) is 0 Å². The lowest BCUT2D eigenvalue weighted by Crippen LogP contribution is -2.43. The van der Waals surface area contributed by atoms with E-state index in [2.05, 4.69) is 26.0 Å². The normalized spacial score (nSPS) is 10.8. The van der Waals surface area contributed by atoms with Gasteiger partial charge in [-0.3, -0.25) is 9.59 Å². The van der Waals surface area contributed by atoms with Gasteiger partial charge in [0.15, 0.2) is 0 Å². The SMILES string of the molecule is CCCCCCC(=O)N(CCOC)CC(=O)N(Cc1ccccc1)Cc1ccc(C)s1. The molecular formula is C25H36N2O3S. The molecule has 0 fully saturated rings. The fourth-order valence-electron chi connectivity index (χ4n) is 3.41. The fraction of sp³-hybridized carbons (Fsp3) is 0.520. The van der Waals surface area contributed by atoms with Crippen molar-refractivity contribution in [3.8, 4) is 0 Å². The average molecular weight is 445 g/mol. The lowest BCUT2D eigenvalue weighted by atomic mass is 10.1.